The Bertz CT molecular complexity index is 584. The minimum absolute atomic E-state index is 0.0860. The third-order valence-corrected chi connectivity index (χ3v) is 3.89. The highest BCUT2D eigenvalue weighted by atomic mass is 16.5. The lowest BCUT2D eigenvalue weighted by Crippen LogP contribution is -2.49. The largest absolute Gasteiger partial charge is 0.496 e. The summed E-state index contributed by atoms with van der Waals surface area (Å²) in [6.45, 7) is 5.71. The third-order valence-electron chi connectivity index (χ3n) is 3.89. The van der Waals surface area contributed by atoms with Crippen LogP contribution in [0, 0.1) is 6.92 Å². The Balaban J connectivity index is 1.92. The van der Waals surface area contributed by atoms with Crippen LogP contribution in [0.4, 0.5) is 4.79 Å². The second kappa shape index (κ2) is 7.46. The van der Waals surface area contributed by atoms with Crippen molar-refractivity contribution in [1.82, 2.24) is 16.0 Å². The molecule has 6 nitrogen and oxygen atoms in total. The number of methoxy groups -OCH3 is 1. The molecule has 2 atom stereocenters. The van der Waals surface area contributed by atoms with Gasteiger partial charge in [0, 0.05) is 17.6 Å². The minimum atomic E-state index is -0.500. The Morgan fingerprint density at radius 3 is 2.57 bits per heavy atom. The summed E-state index contributed by atoms with van der Waals surface area (Å²) in [6, 6.07) is 5.14. The molecule has 126 valence electrons. The zero-order chi connectivity index (χ0) is 17.0. The van der Waals surface area contributed by atoms with Crippen molar-refractivity contribution in [2.75, 3.05) is 7.11 Å². The van der Waals surface area contributed by atoms with Crippen LogP contribution in [0.25, 0.3) is 0 Å². The smallest absolute Gasteiger partial charge is 0.321 e. The van der Waals surface area contributed by atoms with Gasteiger partial charge in [0.1, 0.15) is 5.75 Å². The minimum Gasteiger partial charge on any atom is -0.496 e. The summed E-state index contributed by atoms with van der Waals surface area (Å²) in [4.78, 5) is 23.7. The van der Waals surface area contributed by atoms with Crippen LogP contribution >= 0.6 is 0 Å². The van der Waals surface area contributed by atoms with Gasteiger partial charge in [-0.2, -0.15) is 0 Å². The fourth-order valence-corrected chi connectivity index (χ4v) is 2.40. The van der Waals surface area contributed by atoms with Crippen LogP contribution in [0.3, 0.4) is 0 Å². The molecule has 1 saturated carbocycles. The molecule has 0 heterocycles. The SMILES string of the molecule is COc1ccc(C)cc1C(C)NC(C)C(=O)NC(=O)NC1CC1. The van der Waals surface area contributed by atoms with Gasteiger partial charge in [0.25, 0.3) is 0 Å². The Labute approximate surface area is 137 Å². The molecule has 0 bridgehead atoms. The van der Waals surface area contributed by atoms with Crippen LogP contribution in [-0.4, -0.2) is 31.1 Å². The molecule has 3 N–H and O–H groups in total. The topological polar surface area (TPSA) is 79.5 Å². The maximum Gasteiger partial charge on any atom is 0.321 e. The third kappa shape index (κ3) is 4.96. The maximum absolute atomic E-state index is 12.1. The lowest BCUT2D eigenvalue weighted by Gasteiger charge is -2.22. The van der Waals surface area contributed by atoms with Crippen LogP contribution in [0.1, 0.15) is 43.9 Å². The number of carbonyl (C=O) groups excluding carboxylic acids is 2. The number of benzene rings is 1. The molecule has 2 rings (SSSR count). The summed E-state index contributed by atoms with van der Waals surface area (Å²) in [5.41, 5.74) is 2.10. The van der Waals surface area contributed by atoms with Gasteiger partial charge in [0.05, 0.1) is 13.2 Å². The maximum atomic E-state index is 12.1. The molecule has 3 amide bonds. The van der Waals surface area contributed by atoms with Gasteiger partial charge in [-0.3, -0.25) is 15.4 Å². The predicted molar refractivity (Wildman–Crippen MR) is 88.4 cm³/mol. The number of ether oxygens (including phenoxy) is 1. The average Bonchev–Trinajstić information content (AvgIpc) is 3.30. The molecular weight excluding hydrogens is 294 g/mol. The van der Waals surface area contributed by atoms with Gasteiger partial charge < -0.3 is 10.1 Å². The van der Waals surface area contributed by atoms with E-state index in [1.807, 2.05) is 32.0 Å². The highest BCUT2D eigenvalue weighted by Crippen LogP contribution is 2.26. The molecule has 1 aliphatic rings. The van der Waals surface area contributed by atoms with Crippen molar-refractivity contribution in [2.24, 2.45) is 0 Å². The fraction of sp³-hybridized carbons (Fsp3) is 0.529. The van der Waals surface area contributed by atoms with Crippen LogP contribution in [-0.2, 0) is 4.79 Å². The highest BCUT2D eigenvalue weighted by molar-refractivity contribution is 5.97. The van der Waals surface area contributed by atoms with E-state index in [1.165, 1.54) is 0 Å². The van der Waals surface area contributed by atoms with Gasteiger partial charge in [-0.15, -0.1) is 0 Å². The van der Waals surface area contributed by atoms with Gasteiger partial charge in [-0.05, 0) is 39.7 Å². The number of carbonyl (C=O) groups is 2. The van der Waals surface area contributed by atoms with E-state index in [9.17, 15) is 9.59 Å². The summed E-state index contributed by atoms with van der Waals surface area (Å²) in [6.07, 6.45) is 1.97. The Morgan fingerprint density at radius 1 is 1.26 bits per heavy atom. The number of aryl methyl sites for hydroxylation is 1. The molecule has 0 spiro atoms. The molecule has 0 saturated heterocycles. The number of amides is 3. The summed E-state index contributed by atoms with van der Waals surface area (Å²) in [5.74, 6) is 0.427. The Hall–Kier alpha value is -2.08. The van der Waals surface area contributed by atoms with E-state index in [4.69, 9.17) is 4.74 Å². The number of hydrogen-bond acceptors (Lipinski definition) is 4. The van der Waals surface area contributed by atoms with Gasteiger partial charge in [0.2, 0.25) is 5.91 Å². The lowest BCUT2D eigenvalue weighted by molar-refractivity contribution is -0.121. The zero-order valence-corrected chi connectivity index (χ0v) is 14.1. The predicted octanol–water partition coefficient (Wildman–Crippen LogP) is 2.03. The van der Waals surface area contributed by atoms with E-state index in [0.29, 0.717) is 0 Å². The molecule has 0 radical (unpaired) electrons. The first-order valence-electron chi connectivity index (χ1n) is 7.92. The van der Waals surface area contributed by atoms with Crippen molar-refractivity contribution in [1.29, 1.82) is 0 Å². The average molecular weight is 319 g/mol. The Morgan fingerprint density at radius 2 is 1.96 bits per heavy atom. The number of urea groups is 1. The molecule has 0 aromatic heterocycles. The normalized spacial score (nSPS) is 16.3. The number of imide groups is 1. The zero-order valence-electron chi connectivity index (χ0n) is 14.1. The van der Waals surface area contributed by atoms with E-state index in [1.54, 1.807) is 14.0 Å². The van der Waals surface area contributed by atoms with Crippen LogP contribution in [0.15, 0.2) is 18.2 Å². The molecule has 1 aromatic carbocycles. The van der Waals surface area contributed by atoms with Crippen molar-refractivity contribution >= 4 is 11.9 Å². The van der Waals surface area contributed by atoms with Crippen molar-refractivity contribution in [2.45, 2.75) is 51.7 Å². The molecule has 0 aliphatic heterocycles. The summed E-state index contributed by atoms with van der Waals surface area (Å²) >= 11 is 0. The molecule has 1 aromatic rings. The first-order chi connectivity index (χ1) is 10.9. The van der Waals surface area contributed by atoms with Crippen molar-refractivity contribution in [3.05, 3.63) is 29.3 Å². The van der Waals surface area contributed by atoms with Gasteiger partial charge >= 0.3 is 6.03 Å². The van der Waals surface area contributed by atoms with E-state index in [0.717, 1.165) is 29.7 Å². The van der Waals surface area contributed by atoms with Crippen LogP contribution in [0.5, 0.6) is 5.75 Å². The van der Waals surface area contributed by atoms with E-state index in [2.05, 4.69) is 16.0 Å². The summed E-state index contributed by atoms with van der Waals surface area (Å²) in [7, 11) is 1.62. The van der Waals surface area contributed by atoms with Crippen molar-refractivity contribution < 1.29 is 14.3 Å². The van der Waals surface area contributed by atoms with Gasteiger partial charge in [-0.25, -0.2) is 4.79 Å². The Kier molecular flexibility index (Phi) is 5.60. The molecule has 1 aliphatic carbocycles. The fourth-order valence-electron chi connectivity index (χ4n) is 2.40. The molecule has 6 heteroatoms. The van der Waals surface area contributed by atoms with Crippen molar-refractivity contribution in [3.63, 3.8) is 0 Å². The molecule has 2 unspecified atom stereocenters. The first-order valence-corrected chi connectivity index (χ1v) is 7.92. The van der Waals surface area contributed by atoms with E-state index >= 15 is 0 Å². The first kappa shape index (κ1) is 17.3. The number of hydrogen-bond donors (Lipinski definition) is 3. The second-order valence-electron chi connectivity index (χ2n) is 6.09. The quantitative estimate of drug-likeness (QED) is 0.749. The second-order valence-corrected chi connectivity index (χ2v) is 6.09. The molecule has 1 fully saturated rings. The van der Waals surface area contributed by atoms with Crippen LogP contribution < -0.4 is 20.7 Å². The number of nitrogens with one attached hydrogen (secondary N) is 3. The van der Waals surface area contributed by atoms with Gasteiger partial charge in [0.15, 0.2) is 0 Å². The standard InChI is InChI=1S/C17H25N3O3/c1-10-5-8-15(23-4)14(9-10)11(2)18-12(3)16(21)20-17(22)19-13-6-7-13/h5,8-9,11-13,18H,6-7H2,1-4H3,(H2,19,20,21,22). The van der Waals surface area contributed by atoms with E-state index < -0.39 is 12.1 Å². The summed E-state index contributed by atoms with van der Waals surface area (Å²) < 4.78 is 5.37. The lowest BCUT2D eigenvalue weighted by atomic mass is 10.0. The number of rotatable bonds is 6. The monoisotopic (exact) mass is 319 g/mol. The molecular formula is C17H25N3O3. The van der Waals surface area contributed by atoms with Crippen molar-refractivity contribution in [3.8, 4) is 5.75 Å². The van der Waals surface area contributed by atoms with Gasteiger partial charge in [-0.1, -0.05) is 17.7 Å². The highest BCUT2D eigenvalue weighted by Gasteiger charge is 2.25. The summed E-state index contributed by atoms with van der Waals surface area (Å²) in [5, 5.41) is 8.30. The van der Waals surface area contributed by atoms with E-state index in [-0.39, 0.29) is 18.0 Å². The molecule has 23 heavy (non-hydrogen) atoms. The van der Waals surface area contributed by atoms with Crippen LogP contribution in [0.2, 0.25) is 0 Å².